The largest absolute Gasteiger partial charge is 0.305 e. The molecule has 124 valence electrons. The summed E-state index contributed by atoms with van der Waals surface area (Å²) in [6, 6.07) is 14.7. The lowest BCUT2D eigenvalue weighted by molar-refractivity contribution is 0.102. The summed E-state index contributed by atoms with van der Waals surface area (Å²) in [6.07, 6.45) is 0. The lowest BCUT2D eigenvalue weighted by Crippen LogP contribution is -2.14. The van der Waals surface area contributed by atoms with Crippen molar-refractivity contribution >= 4 is 39.6 Å². The predicted octanol–water partition coefficient (Wildman–Crippen LogP) is 4.67. The zero-order valence-electron chi connectivity index (χ0n) is 13.2. The number of anilines is 1. The molecule has 0 atom stereocenters. The van der Waals surface area contributed by atoms with Gasteiger partial charge >= 0.3 is 0 Å². The molecule has 0 aliphatic heterocycles. The highest BCUT2D eigenvalue weighted by Gasteiger charge is 2.19. The monoisotopic (exact) mass is 368 g/mol. The molecule has 0 radical (unpaired) electrons. The van der Waals surface area contributed by atoms with Gasteiger partial charge in [0.05, 0.1) is 0 Å². The summed E-state index contributed by atoms with van der Waals surface area (Å²) >= 11 is 7.38. The number of hydrogen-bond donors (Lipinski definition) is 1. The van der Waals surface area contributed by atoms with Gasteiger partial charge in [-0.05, 0) is 31.2 Å². The summed E-state index contributed by atoms with van der Waals surface area (Å²) < 4.78 is 1.64. The van der Waals surface area contributed by atoms with Crippen LogP contribution in [-0.4, -0.2) is 20.5 Å². The van der Waals surface area contributed by atoms with Crippen LogP contribution in [0.5, 0.6) is 0 Å². The highest BCUT2D eigenvalue weighted by molar-refractivity contribution is 7.14. The van der Waals surface area contributed by atoms with Crippen molar-refractivity contribution < 1.29 is 4.79 Å². The van der Waals surface area contributed by atoms with E-state index in [9.17, 15) is 4.79 Å². The van der Waals surface area contributed by atoms with Crippen LogP contribution in [0.2, 0.25) is 5.02 Å². The second kappa shape index (κ2) is 6.31. The van der Waals surface area contributed by atoms with Crippen molar-refractivity contribution in [2.75, 3.05) is 5.32 Å². The number of rotatable bonds is 3. The number of halogens is 1. The Hall–Kier alpha value is -2.70. The molecule has 5 nitrogen and oxygen atoms in total. The normalized spacial score (nSPS) is 11.0. The zero-order chi connectivity index (χ0) is 17.4. The third-order valence-electron chi connectivity index (χ3n) is 3.81. The quantitative estimate of drug-likeness (QED) is 0.571. The Morgan fingerprint density at radius 1 is 1.12 bits per heavy atom. The minimum atomic E-state index is -0.204. The summed E-state index contributed by atoms with van der Waals surface area (Å²) in [5, 5.41) is 7.86. The van der Waals surface area contributed by atoms with Gasteiger partial charge in [-0.15, -0.1) is 0 Å². The second-order valence-corrected chi connectivity index (χ2v) is 6.82. The number of benzene rings is 2. The smallest absolute Gasteiger partial charge is 0.256 e. The van der Waals surface area contributed by atoms with Crippen LogP contribution in [0, 0.1) is 6.92 Å². The molecule has 0 bridgehead atoms. The van der Waals surface area contributed by atoms with E-state index in [0.29, 0.717) is 27.1 Å². The molecule has 2 aromatic carbocycles. The van der Waals surface area contributed by atoms with Crippen molar-refractivity contribution in [1.29, 1.82) is 0 Å². The SMILES string of the molecule is Cc1ccc(C(=O)Nc2c(-c3ccc(Cl)cc3)nc3scnn23)cc1. The summed E-state index contributed by atoms with van der Waals surface area (Å²) in [4.78, 5) is 17.9. The number of nitrogens with one attached hydrogen (secondary N) is 1. The number of carbonyl (C=O) groups is 1. The first-order chi connectivity index (χ1) is 12.1. The molecule has 0 saturated carbocycles. The van der Waals surface area contributed by atoms with Gasteiger partial charge in [0.2, 0.25) is 4.96 Å². The van der Waals surface area contributed by atoms with Crippen molar-refractivity contribution in [1.82, 2.24) is 14.6 Å². The molecule has 0 spiro atoms. The molecule has 0 aliphatic carbocycles. The van der Waals surface area contributed by atoms with Crippen molar-refractivity contribution in [2.45, 2.75) is 6.92 Å². The first-order valence-corrected chi connectivity index (χ1v) is 8.84. The topological polar surface area (TPSA) is 59.3 Å². The lowest BCUT2D eigenvalue weighted by atomic mass is 10.1. The van der Waals surface area contributed by atoms with Gasteiger partial charge in [-0.1, -0.05) is 52.8 Å². The van der Waals surface area contributed by atoms with Gasteiger partial charge in [-0.3, -0.25) is 4.79 Å². The van der Waals surface area contributed by atoms with Crippen LogP contribution in [0.3, 0.4) is 0 Å². The van der Waals surface area contributed by atoms with Gasteiger partial charge in [0.25, 0.3) is 5.91 Å². The number of amides is 1. The molecule has 0 saturated heterocycles. The van der Waals surface area contributed by atoms with E-state index in [2.05, 4.69) is 15.4 Å². The maximum atomic E-state index is 12.6. The van der Waals surface area contributed by atoms with E-state index in [4.69, 9.17) is 11.6 Å². The highest BCUT2D eigenvalue weighted by atomic mass is 35.5. The summed E-state index contributed by atoms with van der Waals surface area (Å²) in [5.74, 6) is 0.342. The van der Waals surface area contributed by atoms with Crippen LogP contribution in [0.1, 0.15) is 15.9 Å². The van der Waals surface area contributed by atoms with Crippen molar-refractivity contribution in [2.24, 2.45) is 0 Å². The molecule has 0 fully saturated rings. The average molecular weight is 369 g/mol. The van der Waals surface area contributed by atoms with Crippen LogP contribution in [0.4, 0.5) is 5.82 Å². The maximum absolute atomic E-state index is 12.6. The molecular formula is C18H13ClN4OS. The zero-order valence-corrected chi connectivity index (χ0v) is 14.8. The number of hydrogen-bond acceptors (Lipinski definition) is 4. The predicted molar refractivity (Wildman–Crippen MR) is 100 cm³/mol. The summed E-state index contributed by atoms with van der Waals surface area (Å²) in [6.45, 7) is 1.98. The Labute approximate surface area is 152 Å². The third-order valence-corrected chi connectivity index (χ3v) is 4.74. The van der Waals surface area contributed by atoms with Gasteiger partial charge in [0.1, 0.15) is 11.2 Å². The molecule has 4 rings (SSSR count). The molecule has 7 heteroatoms. The van der Waals surface area contributed by atoms with Gasteiger partial charge in [-0.25, -0.2) is 4.98 Å². The molecule has 1 N–H and O–H groups in total. The van der Waals surface area contributed by atoms with Gasteiger partial charge < -0.3 is 5.32 Å². The molecule has 2 aromatic heterocycles. The highest BCUT2D eigenvalue weighted by Crippen LogP contribution is 2.30. The van der Waals surface area contributed by atoms with Crippen LogP contribution in [0.25, 0.3) is 16.2 Å². The number of carbonyl (C=O) groups excluding carboxylic acids is 1. The number of nitrogens with zero attached hydrogens (tertiary/aromatic N) is 3. The van der Waals surface area contributed by atoms with E-state index in [-0.39, 0.29) is 5.91 Å². The van der Waals surface area contributed by atoms with E-state index in [1.165, 1.54) is 11.3 Å². The summed E-state index contributed by atoms with van der Waals surface area (Å²) in [7, 11) is 0. The van der Waals surface area contributed by atoms with E-state index < -0.39 is 0 Å². The molecule has 2 heterocycles. The maximum Gasteiger partial charge on any atom is 0.256 e. The van der Waals surface area contributed by atoms with E-state index >= 15 is 0 Å². The number of aromatic nitrogens is 3. The Kier molecular flexibility index (Phi) is 3.99. The molecular weight excluding hydrogens is 356 g/mol. The fraction of sp³-hybridized carbons (Fsp3) is 0.0556. The van der Waals surface area contributed by atoms with Crippen molar-refractivity contribution in [3.05, 3.63) is 70.2 Å². The molecule has 1 amide bonds. The molecule has 25 heavy (non-hydrogen) atoms. The van der Waals surface area contributed by atoms with E-state index in [1.54, 1.807) is 34.3 Å². The fourth-order valence-electron chi connectivity index (χ4n) is 2.50. The van der Waals surface area contributed by atoms with Crippen LogP contribution < -0.4 is 5.32 Å². The van der Waals surface area contributed by atoms with Crippen LogP contribution in [0.15, 0.2) is 54.0 Å². The average Bonchev–Trinajstić information content (AvgIpc) is 3.19. The third kappa shape index (κ3) is 3.01. The number of imidazole rings is 1. The van der Waals surface area contributed by atoms with E-state index in [0.717, 1.165) is 11.1 Å². The van der Waals surface area contributed by atoms with Crippen LogP contribution >= 0.6 is 22.9 Å². The minimum Gasteiger partial charge on any atom is -0.305 e. The number of aryl methyl sites for hydroxylation is 1. The van der Waals surface area contributed by atoms with E-state index in [1.807, 2.05) is 31.2 Å². The molecule has 0 aliphatic rings. The van der Waals surface area contributed by atoms with Crippen molar-refractivity contribution in [3.63, 3.8) is 0 Å². The first kappa shape index (κ1) is 15.8. The Balaban J connectivity index is 1.76. The Morgan fingerprint density at radius 2 is 1.84 bits per heavy atom. The fourth-order valence-corrected chi connectivity index (χ4v) is 3.24. The molecule has 0 unspecified atom stereocenters. The number of fused-ring (bicyclic) bond motifs is 1. The Morgan fingerprint density at radius 3 is 2.56 bits per heavy atom. The van der Waals surface area contributed by atoms with Gasteiger partial charge in [0.15, 0.2) is 5.82 Å². The lowest BCUT2D eigenvalue weighted by Gasteiger charge is -2.07. The summed E-state index contributed by atoms with van der Waals surface area (Å²) in [5.41, 5.74) is 4.90. The minimum absolute atomic E-state index is 0.204. The standard InChI is InChI=1S/C18H13ClN4OS/c1-11-2-4-13(5-3-11)17(24)22-16-15(12-6-8-14(19)9-7-12)21-18-23(16)20-10-25-18/h2-10H,1H3,(H,22,24). The first-order valence-electron chi connectivity index (χ1n) is 7.58. The van der Waals surface area contributed by atoms with Gasteiger partial charge in [-0.2, -0.15) is 9.61 Å². The van der Waals surface area contributed by atoms with Crippen molar-refractivity contribution in [3.8, 4) is 11.3 Å². The Bertz CT molecular complexity index is 1050. The molecule has 4 aromatic rings. The second-order valence-electron chi connectivity index (χ2n) is 5.57. The van der Waals surface area contributed by atoms with Crippen LogP contribution in [-0.2, 0) is 0 Å². The van der Waals surface area contributed by atoms with Gasteiger partial charge in [0, 0.05) is 16.1 Å².